The molecule has 2 heterocycles. The number of halogens is 2. The SMILES string of the molecule is COc1cccc(-c2ccc3nc(-c4cccnc4)nc(Nc4c(F)cccc4F)c3c2)c1. The molecule has 0 atom stereocenters. The minimum Gasteiger partial charge on any atom is -0.497 e. The van der Waals surface area contributed by atoms with Gasteiger partial charge in [0.1, 0.15) is 28.9 Å². The molecule has 3 aromatic carbocycles. The van der Waals surface area contributed by atoms with E-state index in [9.17, 15) is 8.78 Å². The van der Waals surface area contributed by atoms with Crippen LogP contribution < -0.4 is 10.1 Å². The van der Waals surface area contributed by atoms with Crippen LogP contribution in [-0.2, 0) is 0 Å². The first-order valence-corrected chi connectivity index (χ1v) is 10.2. The zero-order valence-electron chi connectivity index (χ0n) is 17.6. The lowest BCUT2D eigenvalue weighted by Crippen LogP contribution is -2.03. The molecule has 0 saturated heterocycles. The van der Waals surface area contributed by atoms with Crippen LogP contribution >= 0.6 is 0 Å². The molecule has 0 saturated carbocycles. The van der Waals surface area contributed by atoms with Crippen molar-refractivity contribution in [2.45, 2.75) is 0 Å². The standard InChI is InChI=1S/C26H18F2N4O/c1-33-19-7-2-5-16(13-19)17-10-11-23-20(14-17)26(31-24-21(27)8-3-9-22(24)28)32-25(30-23)18-6-4-12-29-15-18/h2-15H,1H3,(H,30,31,32). The first-order chi connectivity index (χ1) is 16.1. The molecule has 0 aliphatic heterocycles. The van der Waals surface area contributed by atoms with Crippen molar-refractivity contribution in [1.29, 1.82) is 0 Å². The zero-order chi connectivity index (χ0) is 22.8. The fraction of sp³-hybridized carbons (Fsp3) is 0.0385. The molecule has 0 spiro atoms. The van der Waals surface area contributed by atoms with Crippen molar-refractivity contribution < 1.29 is 13.5 Å². The third-order valence-electron chi connectivity index (χ3n) is 5.22. The van der Waals surface area contributed by atoms with Crippen LogP contribution in [0.25, 0.3) is 33.4 Å². The Bertz CT molecular complexity index is 1440. The van der Waals surface area contributed by atoms with E-state index in [4.69, 9.17) is 4.74 Å². The summed E-state index contributed by atoms with van der Waals surface area (Å²) in [6.45, 7) is 0. The molecule has 5 aromatic rings. The number of aromatic nitrogens is 3. The smallest absolute Gasteiger partial charge is 0.163 e. The van der Waals surface area contributed by atoms with Gasteiger partial charge in [-0.2, -0.15) is 0 Å². The lowest BCUT2D eigenvalue weighted by molar-refractivity contribution is 0.415. The molecule has 162 valence electrons. The molecule has 0 unspecified atom stereocenters. The summed E-state index contributed by atoms with van der Waals surface area (Å²) in [6.07, 6.45) is 3.29. The lowest BCUT2D eigenvalue weighted by Gasteiger charge is -2.13. The van der Waals surface area contributed by atoms with Gasteiger partial charge in [-0.05, 0) is 59.7 Å². The number of ether oxygens (including phenoxy) is 1. The van der Waals surface area contributed by atoms with Gasteiger partial charge in [-0.3, -0.25) is 4.98 Å². The molecule has 2 aromatic heterocycles. The van der Waals surface area contributed by atoms with E-state index in [1.54, 1.807) is 25.6 Å². The Kier molecular flexibility index (Phi) is 5.36. The van der Waals surface area contributed by atoms with Crippen molar-refractivity contribution in [2.75, 3.05) is 12.4 Å². The van der Waals surface area contributed by atoms with E-state index < -0.39 is 11.6 Å². The van der Waals surface area contributed by atoms with Gasteiger partial charge in [-0.1, -0.05) is 24.3 Å². The monoisotopic (exact) mass is 440 g/mol. The highest BCUT2D eigenvalue weighted by molar-refractivity contribution is 5.95. The predicted molar refractivity (Wildman–Crippen MR) is 124 cm³/mol. The number of nitrogens with one attached hydrogen (secondary N) is 1. The van der Waals surface area contributed by atoms with Gasteiger partial charge < -0.3 is 10.1 Å². The maximum Gasteiger partial charge on any atom is 0.163 e. The van der Waals surface area contributed by atoms with E-state index in [1.807, 2.05) is 48.5 Å². The second-order valence-corrected chi connectivity index (χ2v) is 7.32. The van der Waals surface area contributed by atoms with E-state index >= 15 is 0 Å². The summed E-state index contributed by atoms with van der Waals surface area (Å²) < 4.78 is 34.2. The molecule has 0 aliphatic carbocycles. The van der Waals surface area contributed by atoms with Gasteiger partial charge in [-0.15, -0.1) is 0 Å². The second kappa shape index (κ2) is 8.63. The van der Waals surface area contributed by atoms with Gasteiger partial charge in [0.15, 0.2) is 5.82 Å². The van der Waals surface area contributed by atoms with Gasteiger partial charge in [0.05, 0.1) is 12.6 Å². The summed E-state index contributed by atoms with van der Waals surface area (Å²) in [7, 11) is 1.61. The van der Waals surface area contributed by atoms with Crippen LogP contribution in [0.3, 0.4) is 0 Å². The molecule has 0 fully saturated rings. The Balaban J connectivity index is 1.70. The maximum absolute atomic E-state index is 14.4. The predicted octanol–water partition coefficient (Wildman–Crippen LogP) is 6.39. The minimum absolute atomic E-state index is 0.276. The molecule has 1 N–H and O–H groups in total. The number of benzene rings is 3. The van der Waals surface area contributed by atoms with Gasteiger partial charge in [0, 0.05) is 23.3 Å². The molecule has 7 heteroatoms. The van der Waals surface area contributed by atoms with E-state index in [0.29, 0.717) is 22.3 Å². The van der Waals surface area contributed by atoms with Crippen LogP contribution in [0.5, 0.6) is 5.75 Å². The van der Waals surface area contributed by atoms with Crippen LogP contribution in [-0.4, -0.2) is 22.1 Å². The number of hydrogen-bond acceptors (Lipinski definition) is 5. The Hall–Kier alpha value is -4.39. The van der Waals surface area contributed by atoms with Crippen molar-refractivity contribution in [2.24, 2.45) is 0 Å². The van der Waals surface area contributed by atoms with Crippen LogP contribution in [0, 0.1) is 11.6 Å². The third kappa shape index (κ3) is 4.08. The second-order valence-electron chi connectivity index (χ2n) is 7.32. The molecular formula is C26H18F2N4O. The molecule has 0 bridgehead atoms. The largest absolute Gasteiger partial charge is 0.497 e. The van der Waals surface area contributed by atoms with Gasteiger partial charge in [0.25, 0.3) is 0 Å². The summed E-state index contributed by atoms with van der Waals surface area (Å²) in [6, 6.07) is 20.6. The number of methoxy groups -OCH3 is 1. The Morgan fingerprint density at radius 3 is 2.30 bits per heavy atom. The fourth-order valence-corrected chi connectivity index (χ4v) is 3.57. The normalized spacial score (nSPS) is 10.9. The minimum atomic E-state index is -0.714. The number of para-hydroxylation sites is 1. The number of rotatable bonds is 5. The van der Waals surface area contributed by atoms with E-state index in [-0.39, 0.29) is 11.5 Å². The number of hydrogen-bond donors (Lipinski definition) is 1. The lowest BCUT2D eigenvalue weighted by atomic mass is 10.0. The zero-order valence-corrected chi connectivity index (χ0v) is 17.6. The van der Waals surface area contributed by atoms with Gasteiger partial charge >= 0.3 is 0 Å². The fourth-order valence-electron chi connectivity index (χ4n) is 3.57. The Morgan fingerprint density at radius 2 is 1.55 bits per heavy atom. The Morgan fingerprint density at radius 1 is 0.788 bits per heavy atom. The van der Waals surface area contributed by atoms with E-state index in [2.05, 4.69) is 20.3 Å². The summed E-state index contributed by atoms with van der Waals surface area (Å²) in [4.78, 5) is 13.4. The van der Waals surface area contributed by atoms with E-state index in [0.717, 1.165) is 16.9 Å². The van der Waals surface area contributed by atoms with Crippen LogP contribution in [0.4, 0.5) is 20.3 Å². The van der Waals surface area contributed by atoms with Crippen molar-refractivity contribution in [1.82, 2.24) is 15.0 Å². The third-order valence-corrected chi connectivity index (χ3v) is 5.22. The van der Waals surface area contributed by atoms with Crippen LogP contribution in [0.2, 0.25) is 0 Å². The first-order valence-electron chi connectivity index (χ1n) is 10.2. The molecule has 0 aliphatic rings. The number of fused-ring (bicyclic) bond motifs is 1. The molecular weight excluding hydrogens is 422 g/mol. The van der Waals surface area contributed by atoms with Crippen LogP contribution in [0.1, 0.15) is 0 Å². The number of pyridine rings is 1. The summed E-state index contributed by atoms with van der Waals surface area (Å²) >= 11 is 0. The van der Waals surface area contributed by atoms with Crippen molar-refractivity contribution in [3.8, 4) is 28.3 Å². The topological polar surface area (TPSA) is 59.9 Å². The van der Waals surface area contributed by atoms with Crippen LogP contribution in [0.15, 0.2) is 85.2 Å². The molecule has 33 heavy (non-hydrogen) atoms. The molecule has 5 rings (SSSR count). The molecule has 0 amide bonds. The highest BCUT2D eigenvalue weighted by Gasteiger charge is 2.15. The van der Waals surface area contributed by atoms with Crippen molar-refractivity contribution in [3.63, 3.8) is 0 Å². The molecule has 0 radical (unpaired) electrons. The summed E-state index contributed by atoms with van der Waals surface area (Å²) in [5.41, 5.74) is 2.84. The van der Waals surface area contributed by atoms with Crippen molar-refractivity contribution in [3.05, 3.63) is 96.8 Å². The average Bonchev–Trinajstić information content (AvgIpc) is 2.86. The quantitative estimate of drug-likeness (QED) is 0.343. The highest BCUT2D eigenvalue weighted by atomic mass is 19.1. The highest BCUT2D eigenvalue weighted by Crippen LogP contribution is 2.33. The molecule has 5 nitrogen and oxygen atoms in total. The Labute approximate surface area is 188 Å². The summed E-state index contributed by atoms with van der Waals surface area (Å²) in [5.74, 6) is -0.0265. The van der Waals surface area contributed by atoms with Crippen molar-refractivity contribution >= 4 is 22.4 Å². The summed E-state index contributed by atoms with van der Waals surface area (Å²) in [5, 5.41) is 3.46. The first kappa shape index (κ1) is 20.5. The maximum atomic E-state index is 14.4. The van der Waals surface area contributed by atoms with E-state index in [1.165, 1.54) is 18.2 Å². The number of anilines is 2. The average molecular weight is 440 g/mol. The van der Waals surface area contributed by atoms with Gasteiger partial charge in [0.2, 0.25) is 0 Å². The van der Waals surface area contributed by atoms with Gasteiger partial charge in [-0.25, -0.2) is 18.7 Å². The number of nitrogens with zero attached hydrogens (tertiary/aromatic N) is 3.